The van der Waals surface area contributed by atoms with Crippen molar-refractivity contribution in [1.82, 2.24) is 0 Å². The summed E-state index contributed by atoms with van der Waals surface area (Å²) in [5, 5.41) is 11.7. The fourth-order valence-electron chi connectivity index (χ4n) is 5.81. The van der Waals surface area contributed by atoms with Crippen LogP contribution < -0.4 is 14.8 Å². The number of anilines is 1. The minimum atomic E-state index is -0.277. The lowest BCUT2D eigenvalue weighted by molar-refractivity contribution is -0.105. The SMILES string of the molecule is CC1=C(c2ccc(NC3CCCCO3)c(C=N)c2)C(c2ccc(C)cc2)Oc2ccc(OC3CCCCO3)cc21. The van der Waals surface area contributed by atoms with E-state index in [9.17, 15) is 0 Å². The molecule has 3 unspecified atom stereocenters. The molecule has 2 fully saturated rings. The van der Waals surface area contributed by atoms with Crippen molar-refractivity contribution in [3.63, 3.8) is 0 Å². The molecule has 6 rings (SSSR count). The molecule has 6 nitrogen and oxygen atoms in total. The Bertz CT molecular complexity index is 1390. The van der Waals surface area contributed by atoms with Gasteiger partial charge < -0.3 is 29.7 Å². The van der Waals surface area contributed by atoms with Crippen molar-refractivity contribution in [2.45, 2.75) is 71.0 Å². The first-order chi connectivity index (χ1) is 19.6. The van der Waals surface area contributed by atoms with Crippen LogP contribution >= 0.6 is 0 Å². The van der Waals surface area contributed by atoms with E-state index in [0.717, 1.165) is 102 Å². The Labute approximate surface area is 236 Å². The van der Waals surface area contributed by atoms with E-state index >= 15 is 0 Å². The van der Waals surface area contributed by atoms with Crippen molar-refractivity contribution in [2.24, 2.45) is 0 Å². The number of fused-ring (bicyclic) bond motifs is 1. The quantitative estimate of drug-likeness (QED) is 0.299. The molecule has 0 spiro atoms. The summed E-state index contributed by atoms with van der Waals surface area (Å²) in [6.07, 6.45) is 7.25. The standard InChI is InChI=1S/C34H38N2O4/c1-22-9-11-24(12-10-22)34-33(25-13-15-29(26(19-25)21-35)36-31-7-3-5-17-37-31)23(2)28-20-27(14-16-30(28)40-34)39-32-8-4-6-18-38-32/h9-16,19-21,31-32,34-36H,3-8,17-18H2,1-2H3. The van der Waals surface area contributed by atoms with Crippen LogP contribution in [0.25, 0.3) is 11.1 Å². The van der Waals surface area contributed by atoms with Gasteiger partial charge in [0.1, 0.15) is 23.8 Å². The second kappa shape index (κ2) is 11.9. The number of nitrogens with one attached hydrogen (secondary N) is 2. The van der Waals surface area contributed by atoms with Gasteiger partial charge in [0.2, 0.25) is 0 Å². The van der Waals surface area contributed by atoms with Crippen LogP contribution in [0.1, 0.15) is 79.4 Å². The summed E-state index contributed by atoms with van der Waals surface area (Å²) in [6, 6.07) is 20.9. The second-order valence-electron chi connectivity index (χ2n) is 11.0. The smallest absolute Gasteiger partial charge is 0.199 e. The molecule has 3 aliphatic heterocycles. The normalized spacial score (nSPS) is 22.7. The van der Waals surface area contributed by atoms with Gasteiger partial charge in [0, 0.05) is 41.6 Å². The predicted octanol–water partition coefficient (Wildman–Crippen LogP) is 7.90. The van der Waals surface area contributed by atoms with Gasteiger partial charge in [-0.15, -0.1) is 0 Å². The summed E-state index contributed by atoms with van der Waals surface area (Å²) in [6.45, 7) is 5.77. The Balaban J connectivity index is 1.39. The molecular weight excluding hydrogens is 500 g/mol. The highest BCUT2D eigenvalue weighted by atomic mass is 16.7. The highest BCUT2D eigenvalue weighted by Gasteiger charge is 2.30. The monoisotopic (exact) mass is 538 g/mol. The molecule has 0 aliphatic carbocycles. The second-order valence-corrected chi connectivity index (χ2v) is 11.0. The summed E-state index contributed by atoms with van der Waals surface area (Å²) in [4.78, 5) is 0. The molecule has 0 amide bonds. The Morgan fingerprint density at radius 2 is 1.68 bits per heavy atom. The number of ether oxygens (including phenoxy) is 4. The molecule has 208 valence electrons. The molecule has 0 bridgehead atoms. The first-order valence-electron chi connectivity index (χ1n) is 14.5. The number of allylic oxidation sites excluding steroid dienone is 1. The molecule has 2 saturated heterocycles. The average molecular weight is 539 g/mol. The maximum absolute atomic E-state index is 8.19. The van der Waals surface area contributed by atoms with Crippen molar-refractivity contribution >= 4 is 23.0 Å². The van der Waals surface area contributed by atoms with Gasteiger partial charge in [-0.1, -0.05) is 35.9 Å². The van der Waals surface area contributed by atoms with Gasteiger partial charge in [0.25, 0.3) is 0 Å². The van der Waals surface area contributed by atoms with Crippen LogP contribution in [-0.2, 0) is 9.47 Å². The van der Waals surface area contributed by atoms with Gasteiger partial charge in [0.05, 0.1) is 6.61 Å². The van der Waals surface area contributed by atoms with Crippen molar-refractivity contribution in [1.29, 1.82) is 5.41 Å². The van der Waals surface area contributed by atoms with Gasteiger partial charge in [0.15, 0.2) is 6.29 Å². The fraction of sp³-hybridized carbons (Fsp3) is 0.382. The van der Waals surface area contributed by atoms with E-state index in [-0.39, 0.29) is 18.6 Å². The van der Waals surface area contributed by atoms with E-state index < -0.39 is 0 Å². The fourth-order valence-corrected chi connectivity index (χ4v) is 5.81. The topological polar surface area (TPSA) is 72.8 Å². The molecule has 0 aromatic heterocycles. The Morgan fingerprint density at radius 3 is 2.40 bits per heavy atom. The van der Waals surface area contributed by atoms with E-state index in [1.807, 2.05) is 12.1 Å². The average Bonchev–Trinajstić information content (AvgIpc) is 2.99. The number of rotatable bonds is 7. The number of hydrogen-bond donors (Lipinski definition) is 2. The van der Waals surface area contributed by atoms with E-state index in [4.69, 9.17) is 24.4 Å². The first-order valence-corrected chi connectivity index (χ1v) is 14.5. The lowest BCUT2D eigenvalue weighted by atomic mass is 9.85. The van der Waals surface area contributed by atoms with Gasteiger partial charge in [-0.2, -0.15) is 0 Å². The zero-order valence-electron chi connectivity index (χ0n) is 23.4. The summed E-state index contributed by atoms with van der Waals surface area (Å²) in [5.74, 6) is 1.62. The maximum Gasteiger partial charge on any atom is 0.199 e. The molecular formula is C34H38N2O4. The summed E-state index contributed by atoms with van der Waals surface area (Å²) < 4.78 is 24.7. The third-order valence-corrected chi connectivity index (χ3v) is 8.07. The molecule has 3 aliphatic rings. The minimum Gasteiger partial charge on any atom is -0.480 e. The van der Waals surface area contributed by atoms with Gasteiger partial charge in [-0.25, -0.2) is 0 Å². The van der Waals surface area contributed by atoms with Gasteiger partial charge in [-0.3, -0.25) is 0 Å². The zero-order valence-corrected chi connectivity index (χ0v) is 23.4. The molecule has 2 N–H and O–H groups in total. The van der Waals surface area contributed by atoms with Gasteiger partial charge in [-0.05, 0) is 93.0 Å². The minimum absolute atomic E-state index is 0.0176. The van der Waals surface area contributed by atoms with Crippen LogP contribution in [0.4, 0.5) is 5.69 Å². The highest BCUT2D eigenvalue weighted by Crippen LogP contribution is 2.48. The molecule has 0 radical (unpaired) electrons. The van der Waals surface area contributed by atoms with Crippen molar-refractivity contribution in [3.8, 4) is 11.5 Å². The molecule has 3 aromatic rings. The number of hydrogen-bond acceptors (Lipinski definition) is 6. The van der Waals surface area contributed by atoms with Crippen molar-refractivity contribution in [3.05, 3.63) is 88.5 Å². The summed E-state index contributed by atoms with van der Waals surface area (Å²) in [7, 11) is 0. The van der Waals surface area contributed by atoms with Crippen LogP contribution in [0.5, 0.6) is 11.5 Å². The molecule has 3 atom stereocenters. The summed E-state index contributed by atoms with van der Waals surface area (Å²) >= 11 is 0. The number of aryl methyl sites for hydroxylation is 1. The Kier molecular flexibility index (Phi) is 7.89. The lowest BCUT2D eigenvalue weighted by Crippen LogP contribution is -2.27. The summed E-state index contributed by atoms with van der Waals surface area (Å²) in [5.41, 5.74) is 8.31. The maximum atomic E-state index is 8.19. The molecule has 3 heterocycles. The Morgan fingerprint density at radius 1 is 0.875 bits per heavy atom. The van der Waals surface area contributed by atoms with Crippen LogP contribution in [0.2, 0.25) is 0 Å². The van der Waals surface area contributed by atoms with Crippen LogP contribution in [-0.4, -0.2) is 31.9 Å². The zero-order chi connectivity index (χ0) is 27.5. The molecule has 3 aromatic carbocycles. The van der Waals surface area contributed by atoms with Gasteiger partial charge >= 0.3 is 0 Å². The predicted molar refractivity (Wildman–Crippen MR) is 159 cm³/mol. The van der Waals surface area contributed by atoms with E-state index in [1.54, 1.807) is 0 Å². The largest absolute Gasteiger partial charge is 0.480 e. The number of benzene rings is 3. The molecule has 0 saturated carbocycles. The van der Waals surface area contributed by atoms with E-state index in [2.05, 4.69) is 67.7 Å². The van der Waals surface area contributed by atoms with Crippen LogP contribution in [0.3, 0.4) is 0 Å². The third kappa shape index (κ3) is 5.65. The van der Waals surface area contributed by atoms with Crippen molar-refractivity contribution < 1.29 is 18.9 Å². The lowest BCUT2D eigenvalue weighted by Gasteiger charge is -2.32. The van der Waals surface area contributed by atoms with Crippen LogP contribution in [0.15, 0.2) is 60.7 Å². The van der Waals surface area contributed by atoms with E-state index in [0.29, 0.717) is 0 Å². The highest BCUT2D eigenvalue weighted by molar-refractivity contribution is 5.97. The third-order valence-electron chi connectivity index (χ3n) is 8.07. The molecule has 6 heteroatoms. The first kappa shape index (κ1) is 26.6. The van der Waals surface area contributed by atoms with Crippen molar-refractivity contribution in [2.75, 3.05) is 18.5 Å². The van der Waals surface area contributed by atoms with E-state index in [1.165, 1.54) is 11.8 Å². The Hall–Kier alpha value is -3.61. The van der Waals surface area contributed by atoms with Crippen LogP contribution in [0, 0.1) is 12.3 Å². The molecule has 40 heavy (non-hydrogen) atoms.